The van der Waals surface area contributed by atoms with Crippen LogP contribution < -0.4 is 5.32 Å². The molecule has 14 heavy (non-hydrogen) atoms. The molecule has 6 heteroatoms. The fraction of sp³-hybridized carbons (Fsp3) is 0.875. The number of halogens is 3. The molecule has 82 valence electrons. The summed E-state index contributed by atoms with van der Waals surface area (Å²) in [7, 11) is 0. The van der Waals surface area contributed by atoms with E-state index in [-0.39, 0.29) is 19.6 Å². The van der Waals surface area contributed by atoms with E-state index in [4.69, 9.17) is 0 Å². The van der Waals surface area contributed by atoms with E-state index in [0.29, 0.717) is 0 Å². The number of ether oxygens (including phenoxy) is 1. The molecule has 0 aromatic rings. The van der Waals surface area contributed by atoms with E-state index in [2.05, 4.69) is 10.1 Å². The third kappa shape index (κ3) is 2.60. The van der Waals surface area contributed by atoms with Gasteiger partial charge < -0.3 is 10.1 Å². The van der Waals surface area contributed by atoms with Crippen molar-refractivity contribution >= 4 is 5.97 Å². The standard InChI is InChI=1S/C8H12F3NO2/c1-2-14-7(13)5-3-6(12-4-5)8(9,10)11/h5-6,12H,2-4H2,1H3/t5-,6-/m0/s1. The first-order valence-electron chi connectivity index (χ1n) is 4.42. The Labute approximate surface area is 79.6 Å². The van der Waals surface area contributed by atoms with Crippen LogP contribution >= 0.6 is 0 Å². The lowest BCUT2D eigenvalue weighted by atomic mass is 10.1. The molecular formula is C8H12F3NO2. The Morgan fingerprint density at radius 2 is 2.21 bits per heavy atom. The lowest BCUT2D eigenvalue weighted by Gasteiger charge is -2.14. The van der Waals surface area contributed by atoms with Crippen LogP contribution in [-0.2, 0) is 9.53 Å². The number of nitrogens with one attached hydrogen (secondary N) is 1. The van der Waals surface area contributed by atoms with Crippen LogP contribution in [0, 0.1) is 5.92 Å². The Morgan fingerprint density at radius 1 is 1.57 bits per heavy atom. The maximum absolute atomic E-state index is 12.2. The Balaban J connectivity index is 2.45. The van der Waals surface area contributed by atoms with Gasteiger partial charge in [0.2, 0.25) is 0 Å². The third-order valence-electron chi connectivity index (χ3n) is 2.15. The molecule has 1 aliphatic rings. The number of esters is 1. The maximum Gasteiger partial charge on any atom is 0.403 e. The van der Waals surface area contributed by atoms with Crippen molar-refractivity contribution in [3.8, 4) is 0 Å². The normalized spacial score (nSPS) is 27.7. The van der Waals surface area contributed by atoms with E-state index in [1.165, 1.54) is 0 Å². The summed E-state index contributed by atoms with van der Waals surface area (Å²) in [6.45, 7) is 1.87. The van der Waals surface area contributed by atoms with E-state index in [9.17, 15) is 18.0 Å². The molecule has 0 unspecified atom stereocenters. The minimum absolute atomic E-state index is 0.0447. The molecule has 2 atom stereocenters. The molecule has 0 aromatic carbocycles. The Hall–Kier alpha value is -0.780. The van der Waals surface area contributed by atoms with E-state index in [1.807, 2.05) is 0 Å². The van der Waals surface area contributed by atoms with E-state index >= 15 is 0 Å². The first-order chi connectivity index (χ1) is 6.45. The summed E-state index contributed by atoms with van der Waals surface area (Å²) in [5.74, 6) is -1.21. The summed E-state index contributed by atoms with van der Waals surface area (Å²) >= 11 is 0. The lowest BCUT2D eigenvalue weighted by molar-refractivity contribution is -0.155. The molecule has 1 saturated heterocycles. The Bertz CT molecular complexity index is 217. The second-order valence-electron chi connectivity index (χ2n) is 3.19. The molecule has 3 nitrogen and oxygen atoms in total. The van der Waals surface area contributed by atoms with Crippen LogP contribution in [0.3, 0.4) is 0 Å². The molecule has 1 heterocycles. The van der Waals surface area contributed by atoms with E-state index in [1.54, 1.807) is 6.92 Å². The number of carbonyl (C=O) groups is 1. The van der Waals surface area contributed by atoms with Crippen molar-refractivity contribution < 1.29 is 22.7 Å². The van der Waals surface area contributed by atoms with Crippen molar-refractivity contribution in [2.75, 3.05) is 13.2 Å². The molecule has 1 fully saturated rings. The molecular weight excluding hydrogens is 199 g/mol. The highest BCUT2D eigenvalue weighted by molar-refractivity contribution is 5.73. The molecule has 0 aromatic heterocycles. The molecule has 0 radical (unpaired) electrons. The predicted octanol–water partition coefficient (Wildman–Crippen LogP) is 1.09. The SMILES string of the molecule is CCOC(=O)[C@@H]1CN[C@H](C(F)(F)F)C1. The van der Waals surface area contributed by atoms with Gasteiger partial charge in [0.15, 0.2) is 0 Å². The zero-order chi connectivity index (χ0) is 10.8. The van der Waals surface area contributed by atoms with E-state index < -0.39 is 24.1 Å². The molecule has 0 spiro atoms. The number of alkyl halides is 3. The van der Waals surface area contributed by atoms with Crippen LogP contribution in [-0.4, -0.2) is 31.3 Å². The van der Waals surface area contributed by atoms with Crippen molar-refractivity contribution in [2.45, 2.75) is 25.6 Å². The zero-order valence-electron chi connectivity index (χ0n) is 7.73. The minimum Gasteiger partial charge on any atom is -0.466 e. The monoisotopic (exact) mass is 211 g/mol. The first-order valence-corrected chi connectivity index (χ1v) is 4.42. The summed E-state index contributed by atoms with van der Waals surface area (Å²) in [4.78, 5) is 11.1. The number of carbonyl (C=O) groups excluding carboxylic acids is 1. The van der Waals surface area contributed by atoms with Gasteiger partial charge in [-0.2, -0.15) is 13.2 Å². The highest BCUT2D eigenvalue weighted by atomic mass is 19.4. The van der Waals surface area contributed by atoms with Crippen molar-refractivity contribution in [2.24, 2.45) is 5.92 Å². The van der Waals surface area contributed by atoms with Gasteiger partial charge in [0.05, 0.1) is 12.5 Å². The highest BCUT2D eigenvalue weighted by Gasteiger charge is 2.46. The number of rotatable bonds is 2. The fourth-order valence-corrected chi connectivity index (χ4v) is 1.42. The van der Waals surface area contributed by atoms with Crippen molar-refractivity contribution in [1.29, 1.82) is 0 Å². The lowest BCUT2D eigenvalue weighted by Crippen LogP contribution is -2.36. The van der Waals surface area contributed by atoms with Gasteiger partial charge in [-0.15, -0.1) is 0 Å². The first kappa shape index (κ1) is 11.3. The summed E-state index contributed by atoms with van der Waals surface area (Å²) in [5, 5.41) is 2.26. The average molecular weight is 211 g/mol. The van der Waals surface area contributed by atoms with Crippen LogP contribution in [0.4, 0.5) is 13.2 Å². The van der Waals surface area contributed by atoms with Crippen LogP contribution in [0.1, 0.15) is 13.3 Å². The summed E-state index contributed by atoms with van der Waals surface area (Å²) < 4.78 is 41.1. The highest BCUT2D eigenvalue weighted by Crippen LogP contribution is 2.29. The van der Waals surface area contributed by atoms with Gasteiger partial charge in [-0.1, -0.05) is 0 Å². The molecule has 0 aliphatic carbocycles. The minimum atomic E-state index is -4.28. The van der Waals surface area contributed by atoms with Gasteiger partial charge in [0.1, 0.15) is 6.04 Å². The smallest absolute Gasteiger partial charge is 0.403 e. The molecule has 0 amide bonds. The number of hydrogen-bond acceptors (Lipinski definition) is 3. The molecule has 0 saturated carbocycles. The average Bonchev–Trinajstić information content (AvgIpc) is 2.51. The van der Waals surface area contributed by atoms with E-state index in [0.717, 1.165) is 0 Å². The third-order valence-corrected chi connectivity index (χ3v) is 2.15. The number of hydrogen-bond donors (Lipinski definition) is 1. The summed E-state index contributed by atoms with van der Waals surface area (Å²) in [6.07, 6.45) is -4.50. The predicted molar refractivity (Wildman–Crippen MR) is 42.6 cm³/mol. The van der Waals surface area contributed by atoms with Gasteiger partial charge in [0.25, 0.3) is 0 Å². The van der Waals surface area contributed by atoms with Gasteiger partial charge in [-0.25, -0.2) is 0 Å². The zero-order valence-corrected chi connectivity index (χ0v) is 7.73. The Morgan fingerprint density at radius 3 is 2.64 bits per heavy atom. The van der Waals surface area contributed by atoms with Crippen LogP contribution in [0.2, 0.25) is 0 Å². The van der Waals surface area contributed by atoms with Gasteiger partial charge >= 0.3 is 12.1 Å². The van der Waals surface area contributed by atoms with Crippen molar-refractivity contribution in [3.63, 3.8) is 0 Å². The Kier molecular flexibility index (Phi) is 3.36. The largest absolute Gasteiger partial charge is 0.466 e. The van der Waals surface area contributed by atoms with Gasteiger partial charge in [-0.05, 0) is 13.3 Å². The molecule has 0 bridgehead atoms. The van der Waals surface area contributed by atoms with Crippen LogP contribution in [0.15, 0.2) is 0 Å². The molecule has 1 aliphatic heterocycles. The summed E-state index contributed by atoms with van der Waals surface area (Å²) in [5.41, 5.74) is 0. The quantitative estimate of drug-likeness (QED) is 0.695. The van der Waals surface area contributed by atoms with Crippen LogP contribution in [0.5, 0.6) is 0 Å². The molecule has 1 rings (SSSR count). The van der Waals surface area contributed by atoms with Crippen LogP contribution in [0.25, 0.3) is 0 Å². The van der Waals surface area contributed by atoms with Crippen molar-refractivity contribution in [1.82, 2.24) is 5.32 Å². The second-order valence-corrected chi connectivity index (χ2v) is 3.19. The van der Waals surface area contributed by atoms with Crippen molar-refractivity contribution in [3.05, 3.63) is 0 Å². The topological polar surface area (TPSA) is 38.3 Å². The maximum atomic E-state index is 12.2. The van der Waals surface area contributed by atoms with Gasteiger partial charge in [0, 0.05) is 6.54 Å². The fourth-order valence-electron chi connectivity index (χ4n) is 1.42. The van der Waals surface area contributed by atoms with Gasteiger partial charge in [-0.3, -0.25) is 4.79 Å². The summed E-state index contributed by atoms with van der Waals surface area (Å²) in [6, 6.07) is -1.57. The molecule has 1 N–H and O–H groups in total. The second kappa shape index (κ2) is 4.16.